The smallest absolute Gasteiger partial charge is 0.255 e. The monoisotopic (exact) mass is 498 g/mol. The number of hydrogen-bond donors (Lipinski definition) is 4. The van der Waals surface area contributed by atoms with Crippen molar-refractivity contribution in [2.45, 2.75) is 0 Å². The van der Waals surface area contributed by atoms with Crippen LogP contribution < -0.4 is 21.7 Å². The Bertz CT molecular complexity index is 1710. The van der Waals surface area contributed by atoms with Gasteiger partial charge in [-0.3, -0.25) is 9.59 Å². The molecule has 1 heterocycles. The summed E-state index contributed by atoms with van der Waals surface area (Å²) in [4.78, 5) is 34.2. The molecule has 8 nitrogen and oxygen atoms in total. The van der Waals surface area contributed by atoms with Crippen molar-refractivity contribution in [1.82, 2.24) is 9.97 Å². The lowest BCUT2D eigenvalue weighted by Gasteiger charge is -2.11. The van der Waals surface area contributed by atoms with Gasteiger partial charge in [-0.25, -0.2) is 9.97 Å². The summed E-state index contributed by atoms with van der Waals surface area (Å²) in [6.07, 6.45) is 6.98. The summed E-state index contributed by atoms with van der Waals surface area (Å²) in [5.74, 6) is 2.55. The van der Waals surface area contributed by atoms with E-state index in [-0.39, 0.29) is 11.8 Å². The Morgan fingerprint density at radius 2 is 1.50 bits per heavy atom. The quantitative estimate of drug-likeness (QED) is 0.183. The number of carbonyl (C=O) groups is 2. The van der Waals surface area contributed by atoms with Crippen LogP contribution in [0.15, 0.2) is 97.3 Å². The van der Waals surface area contributed by atoms with Crippen LogP contribution in [-0.2, 0) is 0 Å². The summed E-state index contributed by atoms with van der Waals surface area (Å²) in [7, 11) is 0. The fourth-order valence-corrected chi connectivity index (χ4v) is 3.84. The molecule has 0 fully saturated rings. The first-order chi connectivity index (χ1) is 18.5. The number of benzene rings is 4. The number of rotatable bonds is 6. The Morgan fingerprint density at radius 1 is 0.763 bits per heavy atom. The van der Waals surface area contributed by atoms with Crippen LogP contribution in [0.3, 0.4) is 0 Å². The molecule has 5 aromatic rings. The van der Waals surface area contributed by atoms with Crippen molar-refractivity contribution >= 4 is 51.3 Å². The Labute approximate surface area is 218 Å². The SMILES string of the molecule is C#Cc1cccc(Nc2ncnc3ccc(NC(=O)c4ccc(C(=O)Nc5ccccc5N)cc4)cc23)c1. The number of terminal acetylenes is 1. The van der Waals surface area contributed by atoms with Gasteiger partial charge in [0, 0.05) is 33.5 Å². The van der Waals surface area contributed by atoms with Crippen molar-refractivity contribution in [2.75, 3.05) is 21.7 Å². The number of nitrogens with zero attached hydrogens (tertiary/aromatic N) is 2. The Hall–Kier alpha value is -5.68. The molecule has 184 valence electrons. The molecule has 0 bridgehead atoms. The molecule has 0 unspecified atom stereocenters. The number of nitrogens with two attached hydrogens (primary N) is 1. The van der Waals surface area contributed by atoms with E-state index in [0.29, 0.717) is 39.5 Å². The molecule has 38 heavy (non-hydrogen) atoms. The van der Waals surface area contributed by atoms with Gasteiger partial charge in [-0.2, -0.15) is 0 Å². The molecule has 1 aromatic heterocycles. The zero-order valence-electron chi connectivity index (χ0n) is 20.1. The van der Waals surface area contributed by atoms with Crippen LogP contribution in [0, 0.1) is 12.3 Å². The summed E-state index contributed by atoms with van der Waals surface area (Å²) in [5, 5.41) is 9.65. The van der Waals surface area contributed by atoms with E-state index in [4.69, 9.17) is 12.2 Å². The molecular weight excluding hydrogens is 476 g/mol. The van der Waals surface area contributed by atoms with Gasteiger partial charge in [-0.15, -0.1) is 6.42 Å². The molecule has 4 aromatic carbocycles. The van der Waals surface area contributed by atoms with Gasteiger partial charge in [-0.05, 0) is 72.8 Å². The summed E-state index contributed by atoms with van der Waals surface area (Å²) in [6, 6.07) is 26.2. The van der Waals surface area contributed by atoms with Crippen molar-refractivity contribution in [2.24, 2.45) is 0 Å². The first-order valence-corrected chi connectivity index (χ1v) is 11.7. The van der Waals surface area contributed by atoms with E-state index in [1.807, 2.05) is 24.3 Å². The number of amides is 2. The third-order valence-electron chi connectivity index (χ3n) is 5.80. The second-order valence-corrected chi connectivity index (χ2v) is 8.38. The van der Waals surface area contributed by atoms with Crippen LogP contribution in [0.4, 0.5) is 28.6 Å². The molecule has 0 saturated carbocycles. The van der Waals surface area contributed by atoms with Crippen molar-refractivity contribution in [3.05, 3.63) is 114 Å². The van der Waals surface area contributed by atoms with Gasteiger partial charge in [0.05, 0.1) is 16.9 Å². The number of aromatic nitrogens is 2. The predicted molar refractivity (Wildman–Crippen MR) is 150 cm³/mol. The molecule has 0 spiro atoms. The third-order valence-corrected chi connectivity index (χ3v) is 5.80. The zero-order chi connectivity index (χ0) is 26.5. The number of para-hydroxylation sites is 2. The van der Waals surface area contributed by atoms with Crippen LogP contribution in [-0.4, -0.2) is 21.8 Å². The predicted octanol–water partition coefficient (Wildman–Crippen LogP) is 5.44. The Kier molecular flexibility index (Phi) is 6.65. The van der Waals surface area contributed by atoms with Crippen LogP contribution >= 0.6 is 0 Å². The molecule has 0 radical (unpaired) electrons. The van der Waals surface area contributed by atoms with Crippen LogP contribution in [0.1, 0.15) is 26.3 Å². The maximum Gasteiger partial charge on any atom is 0.255 e. The van der Waals surface area contributed by atoms with Gasteiger partial charge in [-0.1, -0.05) is 24.1 Å². The van der Waals surface area contributed by atoms with Gasteiger partial charge >= 0.3 is 0 Å². The van der Waals surface area contributed by atoms with Crippen molar-refractivity contribution in [3.63, 3.8) is 0 Å². The molecule has 0 aliphatic rings. The second kappa shape index (κ2) is 10.5. The van der Waals surface area contributed by atoms with E-state index in [2.05, 4.69) is 31.8 Å². The highest BCUT2D eigenvalue weighted by Crippen LogP contribution is 2.26. The second-order valence-electron chi connectivity index (χ2n) is 8.38. The van der Waals surface area contributed by atoms with Crippen LogP contribution in [0.25, 0.3) is 10.9 Å². The van der Waals surface area contributed by atoms with E-state index in [0.717, 1.165) is 16.6 Å². The largest absolute Gasteiger partial charge is 0.397 e. The van der Waals surface area contributed by atoms with Gasteiger partial charge < -0.3 is 21.7 Å². The summed E-state index contributed by atoms with van der Waals surface area (Å²) in [6.45, 7) is 0. The average molecular weight is 499 g/mol. The lowest BCUT2D eigenvalue weighted by Crippen LogP contribution is -2.15. The Morgan fingerprint density at radius 3 is 2.24 bits per heavy atom. The summed E-state index contributed by atoms with van der Waals surface area (Å²) >= 11 is 0. The molecule has 2 amide bonds. The molecule has 0 atom stereocenters. The van der Waals surface area contributed by atoms with E-state index in [1.54, 1.807) is 66.7 Å². The molecular formula is C30H22N6O2. The van der Waals surface area contributed by atoms with E-state index in [1.165, 1.54) is 6.33 Å². The highest BCUT2D eigenvalue weighted by Gasteiger charge is 2.12. The average Bonchev–Trinajstić information content (AvgIpc) is 2.95. The first-order valence-electron chi connectivity index (χ1n) is 11.7. The number of carbonyl (C=O) groups excluding carboxylic acids is 2. The van der Waals surface area contributed by atoms with E-state index >= 15 is 0 Å². The molecule has 5 N–H and O–H groups in total. The molecule has 8 heteroatoms. The third kappa shape index (κ3) is 5.27. The minimum Gasteiger partial charge on any atom is -0.397 e. The highest BCUT2D eigenvalue weighted by atomic mass is 16.2. The summed E-state index contributed by atoms with van der Waals surface area (Å²) < 4.78 is 0. The zero-order valence-corrected chi connectivity index (χ0v) is 20.1. The molecule has 5 rings (SSSR count). The number of anilines is 5. The fraction of sp³-hybridized carbons (Fsp3) is 0. The lowest BCUT2D eigenvalue weighted by atomic mass is 10.1. The maximum absolute atomic E-state index is 12.9. The number of hydrogen-bond acceptors (Lipinski definition) is 6. The van der Waals surface area contributed by atoms with Crippen molar-refractivity contribution in [1.29, 1.82) is 0 Å². The van der Waals surface area contributed by atoms with Crippen LogP contribution in [0.5, 0.6) is 0 Å². The maximum atomic E-state index is 12.9. The van der Waals surface area contributed by atoms with E-state index in [9.17, 15) is 9.59 Å². The lowest BCUT2D eigenvalue weighted by molar-refractivity contribution is 0.101. The van der Waals surface area contributed by atoms with Gasteiger partial charge in [0.1, 0.15) is 12.1 Å². The normalized spacial score (nSPS) is 10.4. The minimum absolute atomic E-state index is 0.322. The molecule has 0 aliphatic heterocycles. The number of fused-ring (bicyclic) bond motifs is 1. The van der Waals surface area contributed by atoms with Crippen LogP contribution in [0.2, 0.25) is 0 Å². The fourth-order valence-electron chi connectivity index (χ4n) is 3.84. The van der Waals surface area contributed by atoms with Gasteiger partial charge in [0.25, 0.3) is 11.8 Å². The standard InChI is InChI=1S/C30H22N6O2/c1-2-19-6-5-7-22(16-19)34-28-24-17-23(14-15-26(24)32-18-33-28)35-29(37)20-10-12-21(13-11-20)30(38)36-27-9-4-3-8-25(27)31/h1,3-18H,31H2,(H,35,37)(H,36,38)(H,32,33,34). The van der Waals surface area contributed by atoms with E-state index < -0.39 is 0 Å². The topological polar surface area (TPSA) is 122 Å². The van der Waals surface area contributed by atoms with Crippen molar-refractivity contribution in [3.8, 4) is 12.3 Å². The molecule has 0 saturated heterocycles. The Balaban J connectivity index is 1.31. The van der Waals surface area contributed by atoms with Crippen molar-refractivity contribution < 1.29 is 9.59 Å². The molecule has 0 aliphatic carbocycles. The number of nitrogens with one attached hydrogen (secondary N) is 3. The number of nitrogen functional groups attached to an aromatic ring is 1. The van der Waals surface area contributed by atoms with Gasteiger partial charge in [0.15, 0.2) is 0 Å². The first kappa shape index (κ1) is 24.0. The highest BCUT2D eigenvalue weighted by molar-refractivity contribution is 6.08. The minimum atomic E-state index is -0.323. The summed E-state index contributed by atoms with van der Waals surface area (Å²) in [5.41, 5.74) is 10.5. The van der Waals surface area contributed by atoms with Gasteiger partial charge in [0.2, 0.25) is 0 Å².